The van der Waals surface area contributed by atoms with Gasteiger partial charge in [-0.25, -0.2) is 0 Å². The minimum absolute atomic E-state index is 0.394. The van der Waals surface area contributed by atoms with Crippen LogP contribution in [0.5, 0.6) is 0 Å². The van der Waals surface area contributed by atoms with E-state index in [1.165, 1.54) is 0 Å². The maximum absolute atomic E-state index is 10.9. The van der Waals surface area contributed by atoms with Crippen LogP contribution in [0, 0.1) is 6.07 Å². The number of primary amides is 1. The second kappa shape index (κ2) is 2.90. The lowest BCUT2D eigenvalue weighted by molar-refractivity contribution is 0.100. The molecule has 0 aliphatic rings. The largest absolute Gasteiger partial charge is 0.366 e. The fraction of sp³-hybridized carbons (Fsp3) is 0. The predicted octanol–water partition coefficient (Wildman–Crippen LogP) is 1.74. The van der Waals surface area contributed by atoms with Crippen molar-refractivity contribution in [2.75, 3.05) is 0 Å². The molecule has 0 unspecified atom stereocenters. The van der Waals surface area contributed by atoms with Gasteiger partial charge in [0.1, 0.15) is 0 Å². The van der Waals surface area contributed by atoms with Crippen molar-refractivity contribution in [2.24, 2.45) is 5.73 Å². The fourth-order valence-corrected chi connectivity index (χ4v) is 1.28. The van der Waals surface area contributed by atoms with Gasteiger partial charge in [0.05, 0.1) is 0 Å². The zero-order valence-corrected chi connectivity index (χ0v) is 6.95. The Morgan fingerprint density at radius 1 is 1.23 bits per heavy atom. The van der Waals surface area contributed by atoms with Crippen molar-refractivity contribution in [3.05, 3.63) is 48.0 Å². The molecule has 0 heterocycles. The van der Waals surface area contributed by atoms with Crippen LogP contribution in [0.1, 0.15) is 10.4 Å². The number of nitrogens with two attached hydrogens (primary N) is 1. The van der Waals surface area contributed by atoms with Crippen LogP contribution in [0.4, 0.5) is 0 Å². The SMILES string of the molecule is NC(=O)c1ccc2c[c]ccc2c1. The number of fused-ring (bicyclic) bond motifs is 1. The topological polar surface area (TPSA) is 43.1 Å². The van der Waals surface area contributed by atoms with Gasteiger partial charge in [-0.2, -0.15) is 0 Å². The first-order chi connectivity index (χ1) is 6.27. The van der Waals surface area contributed by atoms with E-state index >= 15 is 0 Å². The zero-order chi connectivity index (χ0) is 9.26. The molecular formula is C11H8NO. The third-order valence-corrected chi connectivity index (χ3v) is 1.97. The number of carbonyl (C=O) groups excluding carboxylic acids is 1. The van der Waals surface area contributed by atoms with E-state index in [2.05, 4.69) is 6.07 Å². The van der Waals surface area contributed by atoms with Crippen molar-refractivity contribution < 1.29 is 4.79 Å². The lowest BCUT2D eigenvalue weighted by atomic mass is 10.1. The van der Waals surface area contributed by atoms with Crippen LogP contribution >= 0.6 is 0 Å². The van der Waals surface area contributed by atoms with E-state index in [0.717, 1.165) is 10.8 Å². The van der Waals surface area contributed by atoms with E-state index in [1.807, 2.05) is 24.3 Å². The Morgan fingerprint density at radius 3 is 2.85 bits per heavy atom. The summed E-state index contributed by atoms with van der Waals surface area (Å²) >= 11 is 0. The molecule has 0 bridgehead atoms. The Kier molecular flexibility index (Phi) is 1.74. The van der Waals surface area contributed by atoms with E-state index in [0.29, 0.717) is 5.56 Å². The van der Waals surface area contributed by atoms with Crippen LogP contribution in [0.3, 0.4) is 0 Å². The number of hydrogen-bond acceptors (Lipinski definition) is 1. The third kappa shape index (κ3) is 1.38. The van der Waals surface area contributed by atoms with E-state index in [-0.39, 0.29) is 0 Å². The molecule has 0 aromatic heterocycles. The van der Waals surface area contributed by atoms with Crippen molar-refractivity contribution in [1.29, 1.82) is 0 Å². The first-order valence-electron chi connectivity index (χ1n) is 3.97. The van der Waals surface area contributed by atoms with Gasteiger partial charge in [-0.1, -0.05) is 18.2 Å². The van der Waals surface area contributed by atoms with Crippen LogP contribution in [0.25, 0.3) is 10.8 Å². The van der Waals surface area contributed by atoms with Gasteiger partial charge in [-0.05, 0) is 35.0 Å². The Balaban J connectivity index is 2.69. The third-order valence-electron chi connectivity index (χ3n) is 1.97. The molecule has 63 valence electrons. The number of rotatable bonds is 1. The summed E-state index contributed by atoms with van der Waals surface area (Å²) in [5, 5.41) is 2.07. The molecule has 0 saturated heterocycles. The van der Waals surface area contributed by atoms with Gasteiger partial charge in [0.2, 0.25) is 5.91 Å². The number of benzene rings is 2. The van der Waals surface area contributed by atoms with Crippen molar-refractivity contribution in [1.82, 2.24) is 0 Å². The van der Waals surface area contributed by atoms with E-state index < -0.39 is 5.91 Å². The quantitative estimate of drug-likeness (QED) is 0.696. The maximum atomic E-state index is 10.9. The molecule has 0 aliphatic carbocycles. The molecule has 2 N–H and O–H groups in total. The second-order valence-corrected chi connectivity index (χ2v) is 2.85. The number of carbonyl (C=O) groups is 1. The van der Waals surface area contributed by atoms with Crippen LogP contribution in [0.15, 0.2) is 36.4 Å². The summed E-state index contributed by atoms with van der Waals surface area (Å²) < 4.78 is 0. The summed E-state index contributed by atoms with van der Waals surface area (Å²) in [6, 6.07) is 13.9. The van der Waals surface area contributed by atoms with Gasteiger partial charge in [0.25, 0.3) is 0 Å². The summed E-state index contributed by atoms with van der Waals surface area (Å²) in [4.78, 5) is 10.9. The van der Waals surface area contributed by atoms with E-state index in [4.69, 9.17) is 5.73 Å². The highest BCUT2D eigenvalue weighted by atomic mass is 16.1. The first-order valence-corrected chi connectivity index (χ1v) is 3.97. The van der Waals surface area contributed by atoms with Gasteiger partial charge in [0, 0.05) is 5.56 Å². The second-order valence-electron chi connectivity index (χ2n) is 2.85. The molecular weight excluding hydrogens is 162 g/mol. The van der Waals surface area contributed by atoms with Crippen LogP contribution in [-0.2, 0) is 0 Å². The van der Waals surface area contributed by atoms with Gasteiger partial charge >= 0.3 is 0 Å². The summed E-state index contributed by atoms with van der Waals surface area (Å²) in [5.74, 6) is -0.394. The highest BCUT2D eigenvalue weighted by molar-refractivity contribution is 5.97. The summed E-state index contributed by atoms with van der Waals surface area (Å²) in [6.45, 7) is 0. The summed E-state index contributed by atoms with van der Waals surface area (Å²) in [6.07, 6.45) is 0. The monoisotopic (exact) mass is 170 g/mol. The van der Waals surface area contributed by atoms with Crippen molar-refractivity contribution in [3.8, 4) is 0 Å². The molecule has 0 spiro atoms. The summed E-state index contributed by atoms with van der Waals surface area (Å²) in [5.41, 5.74) is 5.70. The molecule has 0 fully saturated rings. The standard InChI is InChI=1S/C11H8NO/c12-11(13)10-6-5-8-3-1-2-4-9(8)7-10/h2-7H,(H2,12,13). The first kappa shape index (κ1) is 7.80. The van der Waals surface area contributed by atoms with E-state index in [1.54, 1.807) is 12.1 Å². The minimum atomic E-state index is -0.394. The highest BCUT2D eigenvalue weighted by Crippen LogP contribution is 2.14. The Morgan fingerprint density at radius 2 is 2.08 bits per heavy atom. The lowest BCUT2D eigenvalue weighted by Gasteiger charge is -1.98. The smallest absolute Gasteiger partial charge is 0.248 e. The molecule has 2 rings (SSSR count). The molecule has 2 heteroatoms. The Labute approximate surface area is 76.0 Å². The normalized spacial score (nSPS) is 10.2. The van der Waals surface area contributed by atoms with Gasteiger partial charge in [-0.3, -0.25) is 4.79 Å². The fourth-order valence-electron chi connectivity index (χ4n) is 1.28. The van der Waals surface area contributed by atoms with Crippen molar-refractivity contribution >= 4 is 16.7 Å². The summed E-state index contributed by atoms with van der Waals surface area (Å²) in [7, 11) is 0. The van der Waals surface area contributed by atoms with Gasteiger partial charge in [0.15, 0.2) is 0 Å². The highest BCUT2D eigenvalue weighted by Gasteiger charge is 1.99. The molecule has 1 amide bonds. The molecule has 2 aromatic carbocycles. The Hall–Kier alpha value is -1.83. The molecule has 2 aromatic rings. The molecule has 2 nitrogen and oxygen atoms in total. The van der Waals surface area contributed by atoms with Gasteiger partial charge < -0.3 is 5.73 Å². The van der Waals surface area contributed by atoms with Crippen LogP contribution in [0.2, 0.25) is 0 Å². The maximum Gasteiger partial charge on any atom is 0.248 e. The number of amides is 1. The average Bonchev–Trinajstić information content (AvgIpc) is 2.17. The molecule has 1 radical (unpaired) electrons. The Bertz CT molecular complexity index is 462. The lowest BCUT2D eigenvalue weighted by Crippen LogP contribution is -2.10. The molecule has 0 saturated carbocycles. The predicted molar refractivity (Wildman–Crippen MR) is 51.3 cm³/mol. The van der Waals surface area contributed by atoms with Crippen LogP contribution < -0.4 is 5.73 Å². The zero-order valence-electron chi connectivity index (χ0n) is 6.95. The minimum Gasteiger partial charge on any atom is -0.366 e. The number of hydrogen-bond donors (Lipinski definition) is 1. The van der Waals surface area contributed by atoms with Crippen molar-refractivity contribution in [3.63, 3.8) is 0 Å². The molecule has 13 heavy (non-hydrogen) atoms. The molecule has 0 aliphatic heterocycles. The van der Waals surface area contributed by atoms with E-state index in [9.17, 15) is 4.79 Å². The van der Waals surface area contributed by atoms with Crippen LogP contribution in [-0.4, -0.2) is 5.91 Å². The van der Waals surface area contributed by atoms with Gasteiger partial charge in [-0.15, -0.1) is 0 Å². The van der Waals surface area contributed by atoms with Crippen molar-refractivity contribution in [2.45, 2.75) is 0 Å². The average molecular weight is 170 g/mol. The molecule has 0 atom stereocenters.